The Morgan fingerprint density at radius 1 is 1.54 bits per heavy atom. The number of hydrogen-bond donors (Lipinski definition) is 1. The van der Waals surface area contributed by atoms with Crippen LogP contribution >= 0.6 is 0 Å². The van der Waals surface area contributed by atoms with E-state index in [9.17, 15) is 10.1 Å². The molecule has 2 N–H and O–H groups in total. The number of fused-ring (bicyclic) bond motifs is 1. The van der Waals surface area contributed by atoms with Gasteiger partial charge in [0.15, 0.2) is 0 Å². The van der Waals surface area contributed by atoms with Crippen LogP contribution in [0, 0.1) is 10.1 Å². The number of rotatable bonds is 1. The lowest BCUT2D eigenvalue weighted by molar-refractivity contribution is -0.384. The Labute approximate surface area is 74.0 Å². The Morgan fingerprint density at radius 2 is 2.31 bits per heavy atom. The number of nitrogens with two attached hydrogens (primary N) is 1. The first-order chi connectivity index (χ1) is 6.18. The lowest BCUT2D eigenvalue weighted by Crippen LogP contribution is -2.10. The van der Waals surface area contributed by atoms with Gasteiger partial charge in [0.2, 0.25) is 0 Å². The van der Waals surface area contributed by atoms with E-state index in [1.165, 1.54) is 12.1 Å². The van der Waals surface area contributed by atoms with Crippen LogP contribution in [0.1, 0.15) is 11.1 Å². The minimum Gasteiger partial charge on any atom is -0.383 e. The molecular weight excluding hydrogens is 170 g/mol. The van der Waals surface area contributed by atoms with Crippen LogP contribution in [-0.2, 0) is 6.54 Å². The molecule has 0 aliphatic carbocycles. The molecule has 0 fully saturated rings. The Bertz CT molecular complexity index is 412. The summed E-state index contributed by atoms with van der Waals surface area (Å²) in [5, 5.41) is 10.4. The highest BCUT2D eigenvalue weighted by atomic mass is 16.6. The van der Waals surface area contributed by atoms with Gasteiger partial charge >= 0.3 is 0 Å². The summed E-state index contributed by atoms with van der Waals surface area (Å²) < 4.78 is 0. The molecule has 0 unspecified atom stereocenters. The molecule has 1 aromatic carbocycles. The van der Waals surface area contributed by atoms with Crippen LogP contribution in [0.2, 0.25) is 0 Å². The summed E-state index contributed by atoms with van der Waals surface area (Å²) in [4.78, 5) is 14.0. The van der Waals surface area contributed by atoms with Gasteiger partial charge in [0.25, 0.3) is 5.69 Å². The standard InChI is InChI=1S/C8H7N3O2/c9-8-7-3-6(11(12)13)2-1-5(7)4-10-8/h1-3H,4H2,(H2,9,10). The monoisotopic (exact) mass is 177 g/mol. The second-order valence-electron chi connectivity index (χ2n) is 2.80. The third kappa shape index (κ3) is 1.14. The van der Waals surface area contributed by atoms with Gasteiger partial charge in [-0.05, 0) is 11.6 Å². The number of nitrogens with zero attached hydrogens (tertiary/aromatic N) is 2. The number of non-ortho nitro benzene ring substituents is 1. The van der Waals surface area contributed by atoms with E-state index in [1.54, 1.807) is 6.07 Å². The van der Waals surface area contributed by atoms with Gasteiger partial charge < -0.3 is 5.73 Å². The van der Waals surface area contributed by atoms with E-state index in [4.69, 9.17) is 5.73 Å². The van der Waals surface area contributed by atoms with Gasteiger partial charge in [0.05, 0.1) is 11.5 Å². The molecule has 0 aromatic heterocycles. The summed E-state index contributed by atoms with van der Waals surface area (Å²) in [7, 11) is 0. The van der Waals surface area contributed by atoms with E-state index in [1.807, 2.05) is 0 Å². The zero-order chi connectivity index (χ0) is 9.42. The lowest BCUT2D eigenvalue weighted by atomic mass is 10.1. The van der Waals surface area contributed by atoms with Crippen LogP contribution in [0.4, 0.5) is 5.69 Å². The molecule has 0 saturated carbocycles. The second-order valence-corrected chi connectivity index (χ2v) is 2.80. The van der Waals surface area contributed by atoms with Crippen molar-refractivity contribution in [2.45, 2.75) is 6.54 Å². The summed E-state index contributed by atoms with van der Waals surface area (Å²) in [5.41, 5.74) is 7.23. The summed E-state index contributed by atoms with van der Waals surface area (Å²) >= 11 is 0. The molecular formula is C8H7N3O2. The topological polar surface area (TPSA) is 81.5 Å². The quantitative estimate of drug-likeness (QED) is 0.509. The first-order valence-corrected chi connectivity index (χ1v) is 3.76. The number of hydrogen-bond acceptors (Lipinski definition) is 4. The summed E-state index contributed by atoms with van der Waals surface area (Å²) in [5.74, 6) is 0.388. The number of benzene rings is 1. The van der Waals surface area contributed by atoms with E-state index < -0.39 is 4.92 Å². The molecule has 5 heteroatoms. The van der Waals surface area contributed by atoms with Gasteiger partial charge in [-0.3, -0.25) is 15.1 Å². The Balaban J connectivity index is 2.53. The van der Waals surface area contributed by atoms with Crippen molar-refractivity contribution in [3.8, 4) is 0 Å². The van der Waals surface area contributed by atoms with Gasteiger partial charge in [-0.2, -0.15) is 0 Å². The number of amidine groups is 1. The van der Waals surface area contributed by atoms with E-state index >= 15 is 0 Å². The maximum absolute atomic E-state index is 10.4. The average molecular weight is 177 g/mol. The van der Waals surface area contributed by atoms with Gasteiger partial charge in [0, 0.05) is 17.7 Å². The molecule has 66 valence electrons. The molecule has 1 heterocycles. The van der Waals surface area contributed by atoms with Crippen LogP contribution in [0.3, 0.4) is 0 Å². The first kappa shape index (κ1) is 7.72. The molecule has 0 radical (unpaired) electrons. The van der Waals surface area contributed by atoms with Gasteiger partial charge in [-0.1, -0.05) is 0 Å². The number of nitro groups is 1. The Kier molecular flexibility index (Phi) is 1.51. The summed E-state index contributed by atoms with van der Waals surface area (Å²) in [6.45, 7) is 0.527. The molecule has 0 amide bonds. The predicted molar refractivity (Wildman–Crippen MR) is 47.5 cm³/mol. The van der Waals surface area contributed by atoms with E-state index in [2.05, 4.69) is 4.99 Å². The fourth-order valence-electron chi connectivity index (χ4n) is 1.31. The summed E-state index contributed by atoms with van der Waals surface area (Å²) in [6.07, 6.45) is 0. The van der Waals surface area contributed by atoms with E-state index in [0.29, 0.717) is 17.9 Å². The molecule has 1 aromatic rings. The van der Waals surface area contributed by atoms with E-state index in [0.717, 1.165) is 5.56 Å². The van der Waals surface area contributed by atoms with Crippen molar-refractivity contribution in [1.82, 2.24) is 0 Å². The lowest BCUT2D eigenvalue weighted by Gasteiger charge is -1.97. The zero-order valence-electron chi connectivity index (χ0n) is 6.73. The highest BCUT2D eigenvalue weighted by Crippen LogP contribution is 2.22. The molecule has 0 bridgehead atoms. The highest BCUT2D eigenvalue weighted by Gasteiger charge is 2.16. The molecule has 0 spiro atoms. The zero-order valence-corrected chi connectivity index (χ0v) is 6.73. The average Bonchev–Trinajstić information content (AvgIpc) is 2.47. The van der Waals surface area contributed by atoms with Crippen molar-refractivity contribution < 1.29 is 4.92 Å². The SMILES string of the molecule is NC1=NCc2ccc([N+](=O)[O-])cc21. The third-order valence-electron chi connectivity index (χ3n) is 2.00. The molecule has 1 aliphatic heterocycles. The largest absolute Gasteiger partial charge is 0.383 e. The molecule has 2 rings (SSSR count). The Hall–Kier alpha value is -1.91. The molecule has 0 atom stereocenters. The van der Waals surface area contributed by atoms with Crippen molar-refractivity contribution in [2.24, 2.45) is 10.7 Å². The van der Waals surface area contributed by atoms with Crippen LogP contribution in [0.5, 0.6) is 0 Å². The van der Waals surface area contributed by atoms with Crippen molar-refractivity contribution >= 4 is 11.5 Å². The summed E-state index contributed by atoms with van der Waals surface area (Å²) in [6, 6.07) is 4.62. The van der Waals surface area contributed by atoms with Crippen molar-refractivity contribution in [3.63, 3.8) is 0 Å². The molecule has 1 aliphatic rings. The van der Waals surface area contributed by atoms with Crippen LogP contribution in [-0.4, -0.2) is 10.8 Å². The first-order valence-electron chi connectivity index (χ1n) is 3.76. The van der Waals surface area contributed by atoms with E-state index in [-0.39, 0.29) is 5.69 Å². The smallest absolute Gasteiger partial charge is 0.270 e. The maximum Gasteiger partial charge on any atom is 0.270 e. The van der Waals surface area contributed by atoms with Crippen molar-refractivity contribution in [3.05, 3.63) is 39.4 Å². The van der Waals surface area contributed by atoms with Crippen LogP contribution in [0.25, 0.3) is 0 Å². The minimum absolute atomic E-state index is 0.0544. The maximum atomic E-state index is 10.4. The second kappa shape index (κ2) is 2.55. The highest BCUT2D eigenvalue weighted by molar-refractivity contribution is 6.01. The number of nitro benzene ring substituents is 1. The van der Waals surface area contributed by atoms with Gasteiger partial charge in [-0.25, -0.2) is 0 Å². The number of aliphatic imine (C=N–C) groups is 1. The van der Waals surface area contributed by atoms with Crippen molar-refractivity contribution in [1.29, 1.82) is 0 Å². The predicted octanol–water partition coefficient (Wildman–Crippen LogP) is 0.814. The van der Waals surface area contributed by atoms with Gasteiger partial charge in [0.1, 0.15) is 5.84 Å². The minimum atomic E-state index is -0.439. The fourth-order valence-corrected chi connectivity index (χ4v) is 1.31. The third-order valence-corrected chi connectivity index (χ3v) is 2.00. The molecule has 0 saturated heterocycles. The van der Waals surface area contributed by atoms with Crippen LogP contribution < -0.4 is 5.73 Å². The molecule has 13 heavy (non-hydrogen) atoms. The van der Waals surface area contributed by atoms with Crippen LogP contribution in [0.15, 0.2) is 23.2 Å². The van der Waals surface area contributed by atoms with Gasteiger partial charge in [-0.15, -0.1) is 0 Å². The fraction of sp³-hybridized carbons (Fsp3) is 0.125. The van der Waals surface area contributed by atoms with Crippen molar-refractivity contribution in [2.75, 3.05) is 0 Å². The Morgan fingerprint density at radius 3 is 3.00 bits per heavy atom. The normalized spacial score (nSPS) is 13.7. The molecule has 5 nitrogen and oxygen atoms in total.